The van der Waals surface area contributed by atoms with Gasteiger partial charge >= 0.3 is 0 Å². The summed E-state index contributed by atoms with van der Waals surface area (Å²) in [6.07, 6.45) is 0.729. The molecule has 1 aromatic carbocycles. The summed E-state index contributed by atoms with van der Waals surface area (Å²) in [5.41, 5.74) is 1.54. The summed E-state index contributed by atoms with van der Waals surface area (Å²) < 4.78 is 5.02. The fourth-order valence-electron chi connectivity index (χ4n) is 3.96. The third kappa shape index (κ3) is 3.46. The van der Waals surface area contributed by atoms with Gasteiger partial charge in [0.05, 0.1) is 18.8 Å². The molecular weight excluding hydrogens is 372 g/mol. The molecule has 1 aromatic rings. The lowest BCUT2D eigenvalue weighted by atomic mass is 9.85. The SMILES string of the molecule is COCCON1C(=O)C(c2c(C)cc(Cl)cc2C)=C(O)C12CCN(O)CC2. The van der Waals surface area contributed by atoms with Crippen molar-refractivity contribution >= 4 is 23.1 Å². The Bertz CT molecular complexity index is 748. The largest absolute Gasteiger partial charge is 0.509 e. The molecule has 0 aliphatic carbocycles. The first kappa shape index (κ1) is 20.1. The minimum atomic E-state index is -0.988. The van der Waals surface area contributed by atoms with Crippen molar-refractivity contribution in [2.24, 2.45) is 0 Å². The Morgan fingerprint density at radius 1 is 1.19 bits per heavy atom. The Morgan fingerprint density at radius 2 is 1.78 bits per heavy atom. The lowest BCUT2D eigenvalue weighted by Crippen LogP contribution is -2.54. The highest BCUT2D eigenvalue weighted by Crippen LogP contribution is 2.46. The van der Waals surface area contributed by atoms with Crippen LogP contribution in [-0.4, -0.2) is 65.3 Å². The van der Waals surface area contributed by atoms with Gasteiger partial charge in [-0.3, -0.25) is 9.63 Å². The zero-order valence-electron chi connectivity index (χ0n) is 15.8. The summed E-state index contributed by atoms with van der Waals surface area (Å²) in [5, 5.41) is 24.0. The number of benzene rings is 1. The number of nitrogens with zero attached hydrogens (tertiary/aromatic N) is 2. The van der Waals surface area contributed by atoms with Gasteiger partial charge in [-0.1, -0.05) is 11.6 Å². The predicted molar refractivity (Wildman–Crippen MR) is 100 cm³/mol. The number of piperidine rings is 1. The van der Waals surface area contributed by atoms with E-state index in [9.17, 15) is 15.1 Å². The molecule has 1 fully saturated rings. The molecule has 0 saturated carbocycles. The second kappa shape index (κ2) is 7.77. The molecule has 3 rings (SSSR count). The first-order valence-electron chi connectivity index (χ1n) is 8.93. The maximum atomic E-state index is 13.3. The Morgan fingerprint density at radius 3 is 2.33 bits per heavy atom. The quantitative estimate of drug-likeness (QED) is 0.745. The van der Waals surface area contributed by atoms with Gasteiger partial charge in [-0.15, -0.1) is 0 Å². The number of hydrogen-bond donors (Lipinski definition) is 2. The Balaban J connectivity index is 2.08. The monoisotopic (exact) mass is 396 g/mol. The van der Waals surface area contributed by atoms with Crippen molar-refractivity contribution < 1.29 is 24.7 Å². The Hall–Kier alpha value is -1.64. The molecule has 2 N–H and O–H groups in total. The number of hydroxylamine groups is 4. The summed E-state index contributed by atoms with van der Waals surface area (Å²) in [5.74, 6) is -0.393. The maximum Gasteiger partial charge on any atom is 0.282 e. The second-order valence-electron chi connectivity index (χ2n) is 7.05. The van der Waals surface area contributed by atoms with E-state index in [0.29, 0.717) is 43.1 Å². The van der Waals surface area contributed by atoms with Gasteiger partial charge in [0, 0.05) is 25.2 Å². The highest BCUT2D eigenvalue weighted by Gasteiger charge is 2.55. The lowest BCUT2D eigenvalue weighted by molar-refractivity contribution is -0.231. The van der Waals surface area contributed by atoms with Crippen molar-refractivity contribution in [1.29, 1.82) is 0 Å². The number of halogens is 1. The van der Waals surface area contributed by atoms with Crippen LogP contribution in [0.15, 0.2) is 17.9 Å². The van der Waals surface area contributed by atoms with E-state index in [1.54, 1.807) is 19.2 Å². The standard InChI is InChI=1S/C19H25ClN2O5/c1-12-10-14(20)11-13(2)15(12)16-17(23)19(4-6-21(25)7-5-19)22(18(16)24)27-9-8-26-3/h10-11,23,25H,4-9H2,1-3H3. The van der Waals surface area contributed by atoms with Crippen LogP contribution in [0, 0.1) is 13.8 Å². The second-order valence-corrected chi connectivity index (χ2v) is 7.49. The first-order valence-corrected chi connectivity index (χ1v) is 9.30. The van der Waals surface area contributed by atoms with E-state index in [4.69, 9.17) is 21.2 Å². The van der Waals surface area contributed by atoms with E-state index in [-0.39, 0.29) is 23.8 Å². The highest BCUT2D eigenvalue weighted by molar-refractivity contribution is 6.31. The van der Waals surface area contributed by atoms with Gasteiger partial charge in [-0.2, -0.15) is 5.06 Å². The number of aryl methyl sites for hydroxylation is 2. The zero-order valence-corrected chi connectivity index (χ0v) is 16.5. The molecular formula is C19H25ClN2O5. The van der Waals surface area contributed by atoms with Gasteiger partial charge in [0.25, 0.3) is 5.91 Å². The Labute approximate surface area is 163 Å². The molecule has 1 saturated heterocycles. The summed E-state index contributed by atoms with van der Waals surface area (Å²) in [4.78, 5) is 19.0. The van der Waals surface area contributed by atoms with Crippen molar-refractivity contribution in [2.75, 3.05) is 33.4 Å². The van der Waals surface area contributed by atoms with Crippen molar-refractivity contribution in [2.45, 2.75) is 32.2 Å². The average Bonchev–Trinajstić information content (AvgIpc) is 2.79. The molecule has 8 heteroatoms. The lowest BCUT2D eigenvalue weighted by Gasteiger charge is -2.41. The number of amides is 1. The van der Waals surface area contributed by atoms with Crippen LogP contribution >= 0.6 is 11.6 Å². The van der Waals surface area contributed by atoms with Crippen molar-refractivity contribution in [3.05, 3.63) is 39.6 Å². The smallest absolute Gasteiger partial charge is 0.282 e. The summed E-state index contributed by atoms with van der Waals surface area (Å²) in [7, 11) is 1.55. The number of aliphatic hydroxyl groups excluding tert-OH is 1. The summed E-state index contributed by atoms with van der Waals surface area (Å²) >= 11 is 6.13. The number of aliphatic hydroxyl groups is 1. The molecule has 1 amide bonds. The topological polar surface area (TPSA) is 82.5 Å². The minimum Gasteiger partial charge on any atom is -0.509 e. The number of methoxy groups -OCH3 is 1. The van der Waals surface area contributed by atoms with Crippen LogP contribution in [0.4, 0.5) is 0 Å². The maximum absolute atomic E-state index is 13.3. The molecule has 0 bridgehead atoms. The molecule has 27 heavy (non-hydrogen) atoms. The van der Waals surface area contributed by atoms with Crippen LogP contribution in [0.1, 0.15) is 29.5 Å². The van der Waals surface area contributed by atoms with E-state index < -0.39 is 5.54 Å². The number of carbonyl (C=O) groups is 1. The van der Waals surface area contributed by atoms with E-state index >= 15 is 0 Å². The van der Waals surface area contributed by atoms with Gasteiger partial charge in [-0.05, 0) is 55.5 Å². The van der Waals surface area contributed by atoms with Gasteiger partial charge in [0.15, 0.2) is 0 Å². The molecule has 148 valence electrons. The summed E-state index contributed by atoms with van der Waals surface area (Å²) in [6.45, 7) is 4.88. The Kier molecular flexibility index (Phi) is 5.79. The molecule has 0 radical (unpaired) electrons. The van der Waals surface area contributed by atoms with Crippen LogP contribution in [-0.2, 0) is 14.4 Å². The highest BCUT2D eigenvalue weighted by atomic mass is 35.5. The van der Waals surface area contributed by atoms with Crippen LogP contribution < -0.4 is 0 Å². The number of hydrogen-bond acceptors (Lipinski definition) is 6. The number of ether oxygens (including phenoxy) is 1. The molecule has 0 atom stereocenters. The van der Waals surface area contributed by atoms with E-state index in [2.05, 4.69) is 0 Å². The molecule has 2 aliphatic heterocycles. The van der Waals surface area contributed by atoms with Crippen molar-refractivity contribution in [3.8, 4) is 0 Å². The average molecular weight is 397 g/mol. The molecule has 0 unspecified atom stereocenters. The number of rotatable bonds is 5. The van der Waals surface area contributed by atoms with Crippen LogP contribution in [0.2, 0.25) is 5.02 Å². The van der Waals surface area contributed by atoms with E-state index in [1.807, 2.05) is 13.8 Å². The van der Waals surface area contributed by atoms with Crippen molar-refractivity contribution in [3.63, 3.8) is 0 Å². The molecule has 0 aromatic heterocycles. The predicted octanol–water partition coefficient (Wildman–Crippen LogP) is 2.87. The van der Waals surface area contributed by atoms with Gasteiger partial charge in [0.2, 0.25) is 0 Å². The van der Waals surface area contributed by atoms with Gasteiger partial charge in [0.1, 0.15) is 11.3 Å². The fourth-order valence-corrected chi connectivity index (χ4v) is 4.28. The minimum absolute atomic E-state index is 0.00783. The fraction of sp³-hybridized carbons (Fsp3) is 0.526. The third-order valence-corrected chi connectivity index (χ3v) is 5.51. The molecule has 7 nitrogen and oxygen atoms in total. The zero-order chi connectivity index (χ0) is 19.8. The molecule has 1 spiro atoms. The van der Waals surface area contributed by atoms with Gasteiger partial charge in [-0.25, -0.2) is 5.06 Å². The third-order valence-electron chi connectivity index (χ3n) is 5.29. The van der Waals surface area contributed by atoms with Gasteiger partial charge < -0.3 is 15.1 Å². The summed E-state index contributed by atoms with van der Waals surface area (Å²) in [6, 6.07) is 3.55. The van der Waals surface area contributed by atoms with Crippen molar-refractivity contribution in [1.82, 2.24) is 10.1 Å². The van der Waals surface area contributed by atoms with Crippen LogP contribution in [0.3, 0.4) is 0 Å². The molecule has 2 aliphatic rings. The number of carbonyl (C=O) groups excluding carboxylic acids is 1. The van der Waals surface area contributed by atoms with Crippen LogP contribution in [0.25, 0.3) is 5.57 Å². The van der Waals surface area contributed by atoms with E-state index in [0.717, 1.165) is 11.1 Å². The first-order chi connectivity index (χ1) is 12.8. The molecule has 2 heterocycles. The van der Waals surface area contributed by atoms with Crippen LogP contribution in [0.5, 0.6) is 0 Å². The van der Waals surface area contributed by atoms with E-state index in [1.165, 1.54) is 10.1 Å². The normalized spacial score (nSPS) is 20.2.